The molecule has 0 amide bonds. The van der Waals surface area contributed by atoms with Crippen LogP contribution < -0.4 is 0 Å². The predicted octanol–water partition coefficient (Wildman–Crippen LogP) is 1.96. The molecule has 0 spiro atoms. The molecule has 86 valence electrons. The van der Waals surface area contributed by atoms with Crippen LogP contribution in [0.2, 0.25) is 0 Å². The Labute approximate surface area is 99.7 Å². The molecular formula is C13H13N3O. The first kappa shape index (κ1) is 11.4. The molecule has 0 atom stereocenters. The number of nitrogens with zero attached hydrogens (tertiary/aromatic N) is 3. The topological polar surface area (TPSA) is 61.8 Å². The summed E-state index contributed by atoms with van der Waals surface area (Å²) in [6.07, 6.45) is 2.21. The number of aliphatic hydroxyl groups is 1. The SMILES string of the molecule is N#CCCn1cc(CO)c(-c2ccccc2)n1. The van der Waals surface area contributed by atoms with Crippen molar-refractivity contribution in [1.82, 2.24) is 9.78 Å². The van der Waals surface area contributed by atoms with E-state index in [-0.39, 0.29) is 6.61 Å². The highest BCUT2D eigenvalue weighted by Gasteiger charge is 2.09. The predicted molar refractivity (Wildman–Crippen MR) is 63.8 cm³/mol. The van der Waals surface area contributed by atoms with E-state index in [1.807, 2.05) is 30.3 Å². The second-order valence-electron chi connectivity index (χ2n) is 3.70. The van der Waals surface area contributed by atoms with Gasteiger partial charge in [-0.2, -0.15) is 10.4 Å². The van der Waals surface area contributed by atoms with Crippen LogP contribution in [0.3, 0.4) is 0 Å². The average Bonchev–Trinajstić information content (AvgIpc) is 2.80. The third-order valence-corrected chi connectivity index (χ3v) is 2.51. The van der Waals surface area contributed by atoms with Crippen LogP contribution in [0, 0.1) is 11.3 Å². The van der Waals surface area contributed by atoms with Gasteiger partial charge in [-0.15, -0.1) is 0 Å². The van der Waals surface area contributed by atoms with E-state index in [1.165, 1.54) is 0 Å². The molecule has 0 aliphatic carbocycles. The lowest BCUT2D eigenvalue weighted by atomic mass is 10.1. The van der Waals surface area contributed by atoms with Crippen LogP contribution in [0.15, 0.2) is 36.5 Å². The molecule has 0 radical (unpaired) electrons. The quantitative estimate of drug-likeness (QED) is 0.868. The Morgan fingerprint density at radius 3 is 2.71 bits per heavy atom. The number of aromatic nitrogens is 2. The van der Waals surface area contributed by atoms with Gasteiger partial charge in [0.15, 0.2) is 0 Å². The average molecular weight is 227 g/mol. The lowest BCUT2D eigenvalue weighted by Gasteiger charge is -1.98. The zero-order valence-electron chi connectivity index (χ0n) is 9.37. The second kappa shape index (κ2) is 5.28. The molecule has 0 saturated carbocycles. The summed E-state index contributed by atoms with van der Waals surface area (Å²) >= 11 is 0. The van der Waals surface area contributed by atoms with Crippen molar-refractivity contribution in [2.45, 2.75) is 19.6 Å². The Kier molecular flexibility index (Phi) is 3.53. The van der Waals surface area contributed by atoms with Gasteiger partial charge in [0.1, 0.15) is 0 Å². The molecule has 2 aromatic rings. The van der Waals surface area contributed by atoms with Crippen LogP contribution in [0.5, 0.6) is 0 Å². The highest BCUT2D eigenvalue weighted by Crippen LogP contribution is 2.21. The van der Waals surface area contributed by atoms with Crippen molar-refractivity contribution in [3.05, 3.63) is 42.1 Å². The highest BCUT2D eigenvalue weighted by molar-refractivity contribution is 5.62. The van der Waals surface area contributed by atoms with Crippen LogP contribution in [0.25, 0.3) is 11.3 Å². The summed E-state index contributed by atoms with van der Waals surface area (Å²) in [6, 6.07) is 11.8. The lowest BCUT2D eigenvalue weighted by Crippen LogP contribution is -1.97. The Bertz CT molecular complexity index is 525. The van der Waals surface area contributed by atoms with Gasteiger partial charge >= 0.3 is 0 Å². The van der Waals surface area contributed by atoms with E-state index >= 15 is 0 Å². The van der Waals surface area contributed by atoms with Gasteiger partial charge in [0.25, 0.3) is 0 Å². The lowest BCUT2D eigenvalue weighted by molar-refractivity contribution is 0.282. The van der Waals surface area contributed by atoms with Gasteiger partial charge in [-0.25, -0.2) is 0 Å². The van der Waals surface area contributed by atoms with E-state index in [2.05, 4.69) is 11.2 Å². The molecule has 17 heavy (non-hydrogen) atoms. The fourth-order valence-corrected chi connectivity index (χ4v) is 1.70. The summed E-state index contributed by atoms with van der Waals surface area (Å²) < 4.78 is 1.71. The van der Waals surface area contributed by atoms with Gasteiger partial charge in [-0.1, -0.05) is 30.3 Å². The van der Waals surface area contributed by atoms with E-state index < -0.39 is 0 Å². The monoisotopic (exact) mass is 227 g/mol. The van der Waals surface area contributed by atoms with Crippen LogP contribution in [0.4, 0.5) is 0 Å². The maximum Gasteiger partial charge on any atom is 0.0978 e. The highest BCUT2D eigenvalue weighted by atomic mass is 16.3. The molecule has 0 bridgehead atoms. The smallest absolute Gasteiger partial charge is 0.0978 e. The molecule has 0 aliphatic heterocycles. The number of aryl methyl sites for hydroxylation is 1. The molecule has 4 heteroatoms. The normalized spacial score (nSPS) is 10.1. The van der Waals surface area contributed by atoms with Gasteiger partial charge in [-0.05, 0) is 0 Å². The summed E-state index contributed by atoms with van der Waals surface area (Å²) in [5.41, 5.74) is 2.55. The molecule has 0 aliphatic rings. The largest absolute Gasteiger partial charge is 0.392 e. The molecule has 1 N–H and O–H groups in total. The van der Waals surface area contributed by atoms with Gasteiger partial charge in [0, 0.05) is 17.3 Å². The Balaban J connectivity index is 2.34. The first-order chi connectivity index (χ1) is 8.35. The van der Waals surface area contributed by atoms with Gasteiger partial charge in [0.05, 0.1) is 31.3 Å². The Hall–Kier alpha value is -2.12. The maximum atomic E-state index is 9.30. The van der Waals surface area contributed by atoms with E-state index in [0.29, 0.717) is 13.0 Å². The molecule has 0 unspecified atom stereocenters. The van der Waals surface area contributed by atoms with E-state index in [0.717, 1.165) is 16.8 Å². The van der Waals surface area contributed by atoms with Gasteiger partial charge in [0.2, 0.25) is 0 Å². The summed E-state index contributed by atoms with van der Waals surface area (Å²) in [5, 5.41) is 22.2. The van der Waals surface area contributed by atoms with Crippen molar-refractivity contribution in [3.63, 3.8) is 0 Å². The Morgan fingerprint density at radius 1 is 1.29 bits per heavy atom. The first-order valence-electron chi connectivity index (χ1n) is 5.44. The van der Waals surface area contributed by atoms with Crippen molar-refractivity contribution < 1.29 is 5.11 Å². The zero-order valence-corrected chi connectivity index (χ0v) is 9.37. The third-order valence-electron chi connectivity index (χ3n) is 2.51. The summed E-state index contributed by atoms with van der Waals surface area (Å²) in [7, 11) is 0. The van der Waals surface area contributed by atoms with Gasteiger partial charge in [-0.3, -0.25) is 4.68 Å². The number of hydrogen-bond donors (Lipinski definition) is 1. The van der Waals surface area contributed by atoms with Gasteiger partial charge < -0.3 is 5.11 Å². The number of hydrogen-bond acceptors (Lipinski definition) is 3. The van der Waals surface area contributed by atoms with E-state index in [1.54, 1.807) is 10.9 Å². The third kappa shape index (κ3) is 2.52. The molecular weight excluding hydrogens is 214 g/mol. The summed E-state index contributed by atoms with van der Waals surface area (Å²) in [4.78, 5) is 0. The molecule has 2 rings (SSSR count). The van der Waals surface area contributed by atoms with Crippen LogP contribution in [0.1, 0.15) is 12.0 Å². The summed E-state index contributed by atoms with van der Waals surface area (Å²) in [5.74, 6) is 0. The van der Waals surface area contributed by atoms with Crippen molar-refractivity contribution >= 4 is 0 Å². The van der Waals surface area contributed by atoms with E-state index in [9.17, 15) is 5.11 Å². The minimum atomic E-state index is -0.0449. The maximum absolute atomic E-state index is 9.30. The zero-order chi connectivity index (χ0) is 12.1. The molecule has 0 fully saturated rings. The molecule has 4 nitrogen and oxygen atoms in total. The van der Waals surface area contributed by atoms with E-state index in [4.69, 9.17) is 5.26 Å². The summed E-state index contributed by atoms with van der Waals surface area (Å²) in [6.45, 7) is 0.507. The fraction of sp³-hybridized carbons (Fsp3) is 0.231. The molecule has 0 saturated heterocycles. The van der Waals surface area contributed by atoms with Crippen LogP contribution >= 0.6 is 0 Å². The van der Waals surface area contributed by atoms with Crippen molar-refractivity contribution in [1.29, 1.82) is 5.26 Å². The fourth-order valence-electron chi connectivity index (χ4n) is 1.70. The number of aliphatic hydroxyl groups excluding tert-OH is 1. The number of rotatable bonds is 4. The number of benzene rings is 1. The Morgan fingerprint density at radius 2 is 2.06 bits per heavy atom. The molecule has 1 aromatic heterocycles. The second-order valence-corrected chi connectivity index (χ2v) is 3.70. The van der Waals surface area contributed by atoms with Crippen LogP contribution in [-0.4, -0.2) is 14.9 Å². The van der Waals surface area contributed by atoms with Crippen molar-refractivity contribution in [2.75, 3.05) is 0 Å². The minimum Gasteiger partial charge on any atom is -0.392 e. The number of nitriles is 1. The van der Waals surface area contributed by atoms with Crippen LogP contribution in [-0.2, 0) is 13.2 Å². The molecule has 1 heterocycles. The molecule has 1 aromatic carbocycles. The standard InChI is InChI=1S/C13H13N3O/c14-7-4-8-16-9-12(10-17)13(15-16)11-5-2-1-3-6-11/h1-3,5-6,9,17H,4,8,10H2. The van der Waals surface area contributed by atoms with Crippen molar-refractivity contribution in [3.8, 4) is 17.3 Å². The van der Waals surface area contributed by atoms with Crippen molar-refractivity contribution in [2.24, 2.45) is 0 Å². The first-order valence-corrected chi connectivity index (χ1v) is 5.44. The minimum absolute atomic E-state index is 0.0449.